The highest BCUT2D eigenvalue weighted by Gasteiger charge is 2.19. The van der Waals surface area contributed by atoms with Gasteiger partial charge in [-0.3, -0.25) is 9.52 Å². The standard InChI is InChI=1S/C15H12BrNO5S/c1-9(18)10-3-2-4-12(7-10)17-23(21,22)14-8-11(15(19)20)5-6-13(14)16/h2-8,17H,1H3,(H,19,20)/p-1. The van der Waals surface area contributed by atoms with Gasteiger partial charge in [0, 0.05) is 15.7 Å². The van der Waals surface area contributed by atoms with Crippen molar-refractivity contribution in [2.45, 2.75) is 11.8 Å². The van der Waals surface area contributed by atoms with E-state index in [1.165, 1.54) is 31.2 Å². The minimum atomic E-state index is -4.04. The molecule has 0 aliphatic carbocycles. The van der Waals surface area contributed by atoms with Crippen LogP contribution in [0, 0.1) is 0 Å². The number of carbonyl (C=O) groups excluding carboxylic acids is 2. The number of sulfonamides is 1. The third-order valence-corrected chi connectivity index (χ3v) is 5.35. The van der Waals surface area contributed by atoms with Crippen molar-refractivity contribution in [3.05, 3.63) is 58.1 Å². The third-order valence-electron chi connectivity index (χ3n) is 2.98. The average molecular weight is 397 g/mol. The van der Waals surface area contributed by atoms with Gasteiger partial charge in [0.2, 0.25) is 0 Å². The molecular weight excluding hydrogens is 386 g/mol. The Labute approximate surface area is 141 Å². The zero-order valence-corrected chi connectivity index (χ0v) is 14.3. The molecule has 0 saturated heterocycles. The topological polar surface area (TPSA) is 103 Å². The molecule has 2 rings (SSSR count). The zero-order valence-electron chi connectivity index (χ0n) is 11.9. The van der Waals surface area contributed by atoms with E-state index >= 15 is 0 Å². The second-order valence-electron chi connectivity index (χ2n) is 4.68. The van der Waals surface area contributed by atoms with Gasteiger partial charge in [0.25, 0.3) is 10.0 Å². The molecule has 0 radical (unpaired) electrons. The first-order valence-electron chi connectivity index (χ1n) is 6.35. The fourth-order valence-electron chi connectivity index (χ4n) is 1.85. The third kappa shape index (κ3) is 3.96. The summed E-state index contributed by atoms with van der Waals surface area (Å²) in [7, 11) is -4.04. The van der Waals surface area contributed by atoms with Crippen LogP contribution in [0.25, 0.3) is 0 Å². The van der Waals surface area contributed by atoms with E-state index in [-0.39, 0.29) is 26.4 Å². The Bertz CT molecular complexity index is 892. The number of carbonyl (C=O) groups is 2. The second kappa shape index (κ2) is 6.51. The van der Waals surface area contributed by atoms with Crippen LogP contribution in [0.15, 0.2) is 51.8 Å². The maximum absolute atomic E-state index is 12.4. The molecule has 0 bridgehead atoms. The highest BCUT2D eigenvalue weighted by atomic mass is 79.9. The van der Waals surface area contributed by atoms with Crippen LogP contribution in [0.4, 0.5) is 5.69 Å². The number of carboxylic acid groups (broad SMARTS) is 1. The summed E-state index contributed by atoms with van der Waals surface area (Å²) in [5.74, 6) is -1.68. The number of halogens is 1. The summed E-state index contributed by atoms with van der Waals surface area (Å²) in [6.45, 7) is 1.37. The lowest BCUT2D eigenvalue weighted by Crippen LogP contribution is -2.23. The SMILES string of the molecule is CC(=O)c1cccc(NS(=O)(=O)c2cc(C(=O)[O-])ccc2Br)c1. The number of anilines is 1. The number of benzene rings is 2. The molecule has 2 aromatic rings. The molecule has 0 saturated carbocycles. The molecule has 23 heavy (non-hydrogen) atoms. The monoisotopic (exact) mass is 396 g/mol. The second-order valence-corrected chi connectivity index (χ2v) is 7.18. The van der Waals surface area contributed by atoms with Crippen molar-refractivity contribution in [3.63, 3.8) is 0 Å². The van der Waals surface area contributed by atoms with E-state index < -0.39 is 16.0 Å². The molecule has 0 aliphatic heterocycles. The van der Waals surface area contributed by atoms with Gasteiger partial charge in [-0.05, 0) is 52.7 Å². The van der Waals surface area contributed by atoms with Crippen LogP contribution < -0.4 is 9.83 Å². The number of nitrogens with one attached hydrogen (secondary N) is 1. The molecule has 0 aromatic heterocycles. The summed E-state index contributed by atoms with van der Waals surface area (Å²) in [6.07, 6.45) is 0. The van der Waals surface area contributed by atoms with Crippen LogP contribution in [0.2, 0.25) is 0 Å². The first-order chi connectivity index (χ1) is 10.7. The van der Waals surface area contributed by atoms with Gasteiger partial charge in [-0.1, -0.05) is 18.2 Å². The number of rotatable bonds is 5. The van der Waals surface area contributed by atoms with Crippen molar-refractivity contribution in [1.29, 1.82) is 0 Å². The number of Topliss-reactive ketones (excluding diaryl/α,β-unsaturated/α-hetero) is 1. The Hall–Kier alpha value is -2.19. The Morgan fingerprint density at radius 3 is 2.39 bits per heavy atom. The number of aromatic carboxylic acids is 1. The van der Waals surface area contributed by atoms with Gasteiger partial charge in [-0.25, -0.2) is 8.42 Å². The average Bonchev–Trinajstić information content (AvgIpc) is 2.47. The Kier molecular flexibility index (Phi) is 4.86. The number of hydrogen-bond acceptors (Lipinski definition) is 5. The molecule has 2 aromatic carbocycles. The summed E-state index contributed by atoms with van der Waals surface area (Å²) in [5.41, 5.74) is 0.294. The quantitative estimate of drug-likeness (QED) is 0.776. The first kappa shape index (κ1) is 17.2. The number of hydrogen-bond donors (Lipinski definition) is 1. The van der Waals surface area contributed by atoms with Crippen LogP contribution in [-0.4, -0.2) is 20.2 Å². The molecule has 0 atom stereocenters. The molecule has 120 valence electrons. The highest BCUT2D eigenvalue weighted by molar-refractivity contribution is 9.10. The van der Waals surface area contributed by atoms with Crippen LogP contribution in [-0.2, 0) is 10.0 Å². The van der Waals surface area contributed by atoms with E-state index in [0.717, 1.165) is 6.07 Å². The molecule has 1 N–H and O–H groups in total. The Morgan fingerprint density at radius 1 is 1.09 bits per heavy atom. The van der Waals surface area contributed by atoms with Gasteiger partial charge < -0.3 is 9.90 Å². The van der Waals surface area contributed by atoms with E-state index in [9.17, 15) is 23.1 Å². The molecule has 0 spiro atoms. The van der Waals surface area contributed by atoms with Gasteiger partial charge in [0.1, 0.15) is 4.90 Å². The zero-order chi connectivity index (χ0) is 17.2. The van der Waals surface area contributed by atoms with Crippen LogP contribution in [0.5, 0.6) is 0 Å². The van der Waals surface area contributed by atoms with E-state index in [2.05, 4.69) is 20.7 Å². The number of carboxylic acids is 1. The van der Waals surface area contributed by atoms with Gasteiger partial charge >= 0.3 is 0 Å². The summed E-state index contributed by atoms with van der Waals surface area (Å²) in [6, 6.07) is 9.53. The van der Waals surface area contributed by atoms with Crippen LogP contribution in [0.3, 0.4) is 0 Å². The number of ketones is 1. The van der Waals surface area contributed by atoms with Gasteiger partial charge in [0.15, 0.2) is 5.78 Å². The molecule has 0 unspecified atom stereocenters. The van der Waals surface area contributed by atoms with Crippen LogP contribution >= 0.6 is 15.9 Å². The van der Waals surface area contributed by atoms with E-state index in [4.69, 9.17) is 0 Å². The van der Waals surface area contributed by atoms with Crippen LogP contribution in [0.1, 0.15) is 27.6 Å². The van der Waals surface area contributed by atoms with Crippen molar-refractivity contribution >= 4 is 43.4 Å². The molecule has 0 fully saturated rings. The lowest BCUT2D eigenvalue weighted by atomic mass is 10.1. The lowest BCUT2D eigenvalue weighted by molar-refractivity contribution is -0.255. The van der Waals surface area contributed by atoms with E-state index in [1.54, 1.807) is 12.1 Å². The predicted octanol–water partition coefficient (Wildman–Crippen LogP) is 1.82. The summed E-state index contributed by atoms with van der Waals surface area (Å²) >= 11 is 3.08. The first-order valence-corrected chi connectivity index (χ1v) is 8.63. The van der Waals surface area contributed by atoms with Gasteiger partial charge in [0.05, 0.1) is 5.97 Å². The molecule has 0 heterocycles. The van der Waals surface area contributed by atoms with Crippen molar-refractivity contribution in [2.75, 3.05) is 4.72 Å². The largest absolute Gasteiger partial charge is 0.545 e. The van der Waals surface area contributed by atoms with Gasteiger partial charge in [-0.15, -0.1) is 0 Å². The normalized spacial score (nSPS) is 11.0. The van der Waals surface area contributed by atoms with E-state index in [0.29, 0.717) is 5.56 Å². The van der Waals surface area contributed by atoms with Crippen molar-refractivity contribution in [1.82, 2.24) is 0 Å². The molecule has 8 heteroatoms. The maximum Gasteiger partial charge on any atom is 0.263 e. The summed E-state index contributed by atoms with van der Waals surface area (Å²) in [5, 5.41) is 10.9. The van der Waals surface area contributed by atoms with Crippen molar-refractivity contribution < 1.29 is 23.1 Å². The fraction of sp³-hybridized carbons (Fsp3) is 0.0667. The van der Waals surface area contributed by atoms with Crippen molar-refractivity contribution in [2.24, 2.45) is 0 Å². The van der Waals surface area contributed by atoms with Crippen molar-refractivity contribution in [3.8, 4) is 0 Å². The molecular formula is C15H11BrNO5S-. The Morgan fingerprint density at radius 2 is 1.78 bits per heavy atom. The minimum absolute atomic E-state index is 0.198. The molecule has 0 amide bonds. The maximum atomic E-state index is 12.4. The Balaban J connectivity index is 2.43. The predicted molar refractivity (Wildman–Crippen MR) is 85.7 cm³/mol. The fourth-order valence-corrected chi connectivity index (χ4v) is 3.89. The van der Waals surface area contributed by atoms with E-state index in [1.807, 2.05) is 0 Å². The molecule has 6 nitrogen and oxygen atoms in total. The summed E-state index contributed by atoms with van der Waals surface area (Å²) < 4.78 is 27.4. The lowest BCUT2D eigenvalue weighted by Gasteiger charge is -2.12. The highest BCUT2D eigenvalue weighted by Crippen LogP contribution is 2.25. The smallest absolute Gasteiger partial charge is 0.263 e. The van der Waals surface area contributed by atoms with Gasteiger partial charge in [-0.2, -0.15) is 0 Å². The summed E-state index contributed by atoms with van der Waals surface area (Å²) in [4.78, 5) is 22.0. The molecule has 0 aliphatic rings. The minimum Gasteiger partial charge on any atom is -0.545 e.